The van der Waals surface area contributed by atoms with Gasteiger partial charge in [0.2, 0.25) is 5.91 Å². The van der Waals surface area contributed by atoms with Gasteiger partial charge in [-0.1, -0.05) is 66.2 Å². The molecule has 0 radical (unpaired) electrons. The third kappa shape index (κ3) is 7.36. The maximum atomic E-state index is 13.5. The van der Waals surface area contributed by atoms with Gasteiger partial charge in [-0.25, -0.2) is 0 Å². The molecule has 2 aliphatic rings. The minimum absolute atomic E-state index is 0.0799. The number of anilines is 1. The van der Waals surface area contributed by atoms with Crippen molar-refractivity contribution in [3.8, 4) is 5.75 Å². The van der Waals surface area contributed by atoms with E-state index in [1.54, 1.807) is 0 Å². The number of hydrogen-bond donors (Lipinski definition) is 1. The number of carbonyl (C=O) groups excluding carboxylic acids is 1. The number of fused-ring (bicyclic) bond motifs is 1. The van der Waals surface area contributed by atoms with Gasteiger partial charge in [-0.15, -0.1) is 0 Å². The first-order valence-corrected chi connectivity index (χ1v) is 13.7. The Labute approximate surface area is 231 Å². The molecule has 1 amide bonds. The molecule has 1 N–H and O–H groups in total. The Bertz CT molecular complexity index is 1200. The molecule has 2 aliphatic heterocycles. The quantitative estimate of drug-likeness (QED) is 0.252. The lowest BCUT2D eigenvalue weighted by atomic mass is 10.1. The highest BCUT2D eigenvalue weighted by molar-refractivity contribution is 6.25. The molecule has 0 bridgehead atoms. The minimum Gasteiger partial charge on any atom is -0.490 e. The Morgan fingerprint density at radius 1 is 1.11 bits per heavy atom. The van der Waals surface area contributed by atoms with Crippen LogP contribution in [0.5, 0.6) is 5.75 Å². The lowest BCUT2D eigenvalue weighted by Gasteiger charge is -2.32. The van der Waals surface area contributed by atoms with Crippen LogP contribution in [0.1, 0.15) is 37.8 Å². The summed E-state index contributed by atoms with van der Waals surface area (Å²) in [5, 5.41) is 7.80. The second-order valence-electron chi connectivity index (χ2n) is 9.85. The number of piperidine rings is 1. The highest BCUT2D eigenvalue weighted by atomic mass is 35.5. The predicted molar refractivity (Wildman–Crippen MR) is 156 cm³/mol. The fourth-order valence-electron chi connectivity index (χ4n) is 5.05. The topological polar surface area (TPSA) is 59.9 Å². The number of nitrogens with one attached hydrogen (secondary N) is 1. The van der Waals surface area contributed by atoms with Crippen molar-refractivity contribution >= 4 is 29.0 Å². The second-order valence-corrected chi connectivity index (χ2v) is 10.1. The molecule has 4 rings (SSSR count). The van der Waals surface area contributed by atoms with Crippen molar-refractivity contribution in [3.63, 3.8) is 0 Å². The molecule has 6 nitrogen and oxygen atoms in total. The van der Waals surface area contributed by atoms with Crippen LogP contribution in [0.25, 0.3) is 0 Å². The molecule has 1 fully saturated rings. The molecule has 2 heterocycles. The average Bonchev–Trinajstić information content (AvgIpc) is 3.04. The monoisotopic (exact) mass is 532 g/mol. The number of amidine groups is 1. The Morgan fingerprint density at radius 3 is 2.53 bits per heavy atom. The number of carbonyl (C=O) groups is 1. The molecule has 38 heavy (non-hydrogen) atoms. The molecule has 2 aromatic rings. The SMILES string of the molecule is C\C=C/C(=C\C=C\Cl)CN1CC(=O)N(Cc2ccc(OC3CCN(C(C)=N)CC3)cc2)c2ccccc2C1. The van der Waals surface area contributed by atoms with E-state index < -0.39 is 0 Å². The number of hydrogen-bond acceptors (Lipinski definition) is 4. The molecule has 1 saturated heterocycles. The van der Waals surface area contributed by atoms with Crippen LogP contribution in [-0.4, -0.2) is 53.8 Å². The Kier molecular flexibility index (Phi) is 9.79. The van der Waals surface area contributed by atoms with Crippen LogP contribution in [0.2, 0.25) is 0 Å². The first-order valence-electron chi connectivity index (χ1n) is 13.2. The molecular formula is C31H37ClN4O2. The number of allylic oxidation sites excluding steroid dienone is 3. The molecule has 0 saturated carbocycles. The van der Waals surface area contributed by atoms with Gasteiger partial charge in [0.15, 0.2) is 0 Å². The molecular weight excluding hydrogens is 496 g/mol. The maximum Gasteiger partial charge on any atom is 0.241 e. The molecule has 0 spiro atoms. The van der Waals surface area contributed by atoms with Crippen molar-refractivity contribution in [2.75, 3.05) is 31.1 Å². The van der Waals surface area contributed by atoms with Crippen molar-refractivity contribution in [3.05, 3.63) is 95.1 Å². The minimum atomic E-state index is 0.0799. The smallest absolute Gasteiger partial charge is 0.241 e. The van der Waals surface area contributed by atoms with E-state index in [0.29, 0.717) is 32.0 Å². The van der Waals surface area contributed by atoms with E-state index in [-0.39, 0.29) is 12.0 Å². The van der Waals surface area contributed by atoms with Crippen molar-refractivity contribution in [2.45, 2.75) is 45.9 Å². The lowest BCUT2D eigenvalue weighted by molar-refractivity contribution is -0.119. The zero-order valence-corrected chi connectivity index (χ0v) is 23.0. The zero-order valence-electron chi connectivity index (χ0n) is 22.3. The standard InChI is InChI=1S/C31H37ClN4O2/c1-3-7-25(8-6-17-32)20-34-22-27-9-4-5-10-30(27)36(31(37)23-34)21-26-11-13-28(14-12-26)38-29-15-18-35(19-16-29)24(2)33/h3-14,17,29,33H,15-16,18-23H2,1-2H3/b7-3-,17-6+,25-8+,33-24?. The molecule has 0 aliphatic carbocycles. The highest BCUT2D eigenvalue weighted by Gasteiger charge is 2.27. The van der Waals surface area contributed by atoms with Gasteiger partial charge in [-0.3, -0.25) is 15.1 Å². The van der Waals surface area contributed by atoms with Gasteiger partial charge < -0.3 is 14.5 Å². The van der Waals surface area contributed by atoms with Crippen LogP contribution in [0.3, 0.4) is 0 Å². The fourth-order valence-corrected chi connectivity index (χ4v) is 5.12. The van der Waals surface area contributed by atoms with Gasteiger partial charge in [-0.2, -0.15) is 0 Å². The van der Waals surface area contributed by atoms with Crippen LogP contribution >= 0.6 is 11.6 Å². The molecule has 0 atom stereocenters. The van der Waals surface area contributed by atoms with Gasteiger partial charge in [-0.05, 0) is 48.7 Å². The second kappa shape index (κ2) is 13.4. The summed E-state index contributed by atoms with van der Waals surface area (Å²) in [5.41, 5.74) is 5.75. The highest BCUT2D eigenvalue weighted by Crippen LogP contribution is 2.28. The van der Waals surface area contributed by atoms with Crippen molar-refractivity contribution in [1.82, 2.24) is 9.80 Å². The Morgan fingerprint density at radius 2 is 1.84 bits per heavy atom. The van der Waals surface area contributed by atoms with E-state index >= 15 is 0 Å². The average molecular weight is 533 g/mol. The normalized spacial score (nSPS) is 17.8. The van der Waals surface area contributed by atoms with Gasteiger partial charge in [0.25, 0.3) is 0 Å². The summed E-state index contributed by atoms with van der Waals surface area (Å²) in [6.07, 6.45) is 9.85. The molecule has 200 valence electrons. The number of benzene rings is 2. The Balaban J connectivity index is 1.44. The maximum absolute atomic E-state index is 13.5. The molecule has 7 heteroatoms. The summed E-state index contributed by atoms with van der Waals surface area (Å²) in [5.74, 6) is 1.55. The lowest BCUT2D eigenvalue weighted by Crippen LogP contribution is -2.40. The van der Waals surface area contributed by atoms with E-state index in [1.807, 2.05) is 67.3 Å². The first kappa shape index (κ1) is 27.7. The number of ether oxygens (including phenoxy) is 1. The van der Waals surface area contributed by atoms with Crippen LogP contribution in [0.4, 0.5) is 5.69 Å². The first-order chi connectivity index (χ1) is 18.5. The summed E-state index contributed by atoms with van der Waals surface area (Å²) >= 11 is 5.73. The summed E-state index contributed by atoms with van der Waals surface area (Å²) in [7, 11) is 0. The predicted octanol–water partition coefficient (Wildman–Crippen LogP) is 6.13. The van der Waals surface area contributed by atoms with Gasteiger partial charge in [0.1, 0.15) is 11.9 Å². The van der Waals surface area contributed by atoms with E-state index in [1.165, 1.54) is 5.54 Å². The van der Waals surface area contributed by atoms with E-state index in [9.17, 15) is 4.79 Å². The third-order valence-corrected chi connectivity index (χ3v) is 7.13. The van der Waals surface area contributed by atoms with E-state index in [0.717, 1.165) is 54.1 Å². The van der Waals surface area contributed by atoms with Crippen LogP contribution in [0.15, 0.2) is 83.9 Å². The molecule has 2 aromatic carbocycles. The van der Waals surface area contributed by atoms with Crippen molar-refractivity contribution < 1.29 is 9.53 Å². The largest absolute Gasteiger partial charge is 0.490 e. The number of nitrogens with zero attached hydrogens (tertiary/aromatic N) is 3. The number of amides is 1. The van der Waals surface area contributed by atoms with Crippen LogP contribution in [-0.2, 0) is 17.9 Å². The Hall–Kier alpha value is -3.35. The van der Waals surface area contributed by atoms with Crippen molar-refractivity contribution in [1.29, 1.82) is 5.41 Å². The van der Waals surface area contributed by atoms with Crippen LogP contribution < -0.4 is 9.64 Å². The van der Waals surface area contributed by atoms with Gasteiger partial charge in [0.05, 0.1) is 18.9 Å². The number of likely N-dealkylation sites (tertiary alicyclic amines) is 1. The summed E-state index contributed by atoms with van der Waals surface area (Å²) in [6, 6.07) is 16.3. The number of rotatable bonds is 8. The van der Waals surface area contributed by atoms with Crippen molar-refractivity contribution in [2.24, 2.45) is 0 Å². The van der Waals surface area contributed by atoms with E-state index in [2.05, 4.69) is 34.1 Å². The molecule has 0 unspecified atom stereocenters. The summed E-state index contributed by atoms with van der Waals surface area (Å²) in [4.78, 5) is 19.7. The summed E-state index contributed by atoms with van der Waals surface area (Å²) < 4.78 is 6.22. The molecule has 0 aromatic heterocycles. The number of para-hydroxylation sites is 1. The number of halogens is 1. The summed E-state index contributed by atoms with van der Waals surface area (Å²) in [6.45, 7) is 7.74. The van der Waals surface area contributed by atoms with Crippen LogP contribution in [0, 0.1) is 5.41 Å². The van der Waals surface area contributed by atoms with E-state index in [4.69, 9.17) is 21.7 Å². The third-order valence-electron chi connectivity index (χ3n) is 6.99. The van der Waals surface area contributed by atoms with Gasteiger partial charge >= 0.3 is 0 Å². The van der Waals surface area contributed by atoms with Gasteiger partial charge in [0, 0.05) is 50.2 Å². The fraction of sp³-hybridized carbons (Fsp3) is 0.355. The zero-order chi connectivity index (χ0) is 26.9.